The Labute approximate surface area is 95.5 Å². The quantitative estimate of drug-likeness (QED) is 0.854. The van der Waals surface area contributed by atoms with Crippen molar-refractivity contribution in [3.05, 3.63) is 29.8 Å². The molecule has 1 N–H and O–H groups in total. The molecule has 4 nitrogen and oxygen atoms in total. The predicted octanol–water partition coefficient (Wildman–Crippen LogP) is 1.54. The fourth-order valence-electron chi connectivity index (χ4n) is 1.90. The predicted molar refractivity (Wildman–Crippen MR) is 54.5 cm³/mol. The lowest BCUT2D eigenvalue weighted by Crippen LogP contribution is -2.39. The first-order valence-electron chi connectivity index (χ1n) is 5.00. The molecular weight excluding hydrogens is 232 g/mol. The maximum atomic E-state index is 13.5. The number of carbonyl (C=O) groups is 2. The number of nitrogens with zero attached hydrogens (tertiary/aromatic N) is 1. The minimum Gasteiger partial charge on any atom is -0.480 e. The maximum absolute atomic E-state index is 13.5. The Bertz CT molecular complexity index is 490. The van der Waals surface area contributed by atoms with Crippen molar-refractivity contribution in [2.24, 2.45) is 0 Å². The average Bonchev–Trinajstić information content (AvgIpc) is 2.60. The van der Waals surface area contributed by atoms with Crippen molar-refractivity contribution in [2.45, 2.75) is 18.9 Å². The van der Waals surface area contributed by atoms with Gasteiger partial charge in [-0.1, -0.05) is 0 Å². The van der Waals surface area contributed by atoms with Gasteiger partial charge >= 0.3 is 5.97 Å². The fraction of sp³-hybridized carbons (Fsp3) is 0.273. The van der Waals surface area contributed by atoms with Gasteiger partial charge in [-0.25, -0.2) is 13.6 Å². The Kier molecular flexibility index (Phi) is 2.79. The topological polar surface area (TPSA) is 57.6 Å². The number of hydrogen-bond acceptors (Lipinski definition) is 2. The fourth-order valence-corrected chi connectivity index (χ4v) is 1.90. The number of rotatable bonds is 2. The van der Waals surface area contributed by atoms with E-state index in [4.69, 9.17) is 5.11 Å². The average molecular weight is 241 g/mol. The summed E-state index contributed by atoms with van der Waals surface area (Å²) in [5, 5.41) is 8.92. The standard InChI is InChI=1S/C11H9F2NO3/c12-6-1-2-8(7(13)5-6)14-9(11(16)17)3-4-10(14)15/h1-2,5,9H,3-4H2,(H,16,17). The van der Waals surface area contributed by atoms with E-state index in [1.54, 1.807) is 0 Å². The Morgan fingerprint density at radius 1 is 1.41 bits per heavy atom. The highest BCUT2D eigenvalue weighted by atomic mass is 19.1. The van der Waals surface area contributed by atoms with E-state index >= 15 is 0 Å². The summed E-state index contributed by atoms with van der Waals surface area (Å²) in [6, 6.07) is 1.61. The second-order valence-corrected chi connectivity index (χ2v) is 3.75. The van der Waals surface area contributed by atoms with E-state index in [0.29, 0.717) is 6.07 Å². The lowest BCUT2D eigenvalue weighted by atomic mass is 10.2. The highest BCUT2D eigenvalue weighted by molar-refractivity contribution is 6.02. The normalized spacial score (nSPS) is 19.8. The van der Waals surface area contributed by atoms with Crippen LogP contribution in [-0.2, 0) is 9.59 Å². The first-order chi connectivity index (χ1) is 8.00. The second-order valence-electron chi connectivity index (χ2n) is 3.75. The van der Waals surface area contributed by atoms with Crippen molar-refractivity contribution < 1.29 is 23.5 Å². The Hall–Kier alpha value is -1.98. The summed E-state index contributed by atoms with van der Waals surface area (Å²) < 4.78 is 26.2. The van der Waals surface area contributed by atoms with E-state index < -0.39 is 29.6 Å². The van der Waals surface area contributed by atoms with Crippen LogP contribution in [0.4, 0.5) is 14.5 Å². The second kappa shape index (κ2) is 4.12. The summed E-state index contributed by atoms with van der Waals surface area (Å²) >= 11 is 0. The molecule has 1 aromatic carbocycles. The van der Waals surface area contributed by atoms with Gasteiger partial charge in [0.25, 0.3) is 0 Å². The molecule has 1 saturated heterocycles. The van der Waals surface area contributed by atoms with Gasteiger partial charge in [-0.2, -0.15) is 0 Å². The van der Waals surface area contributed by atoms with Crippen LogP contribution in [0.2, 0.25) is 0 Å². The van der Waals surface area contributed by atoms with Crippen molar-refractivity contribution in [3.63, 3.8) is 0 Å². The minimum absolute atomic E-state index is 0.0494. The van der Waals surface area contributed by atoms with E-state index in [1.165, 1.54) is 0 Å². The maximum Gasteiger partial charge on any atom is 0.326 e. The van der Waals surface area contributed by atoms with Gasteiger partial charge in [-0.3, -0.25) is 9.69 Å². The Balaban J connectivity index is 2.43. The Morgan fingerprint density at radius 2 is 2.12 bits per heavy atom. The zero-order chi connectivity index (χ0) is 12.6. The molecule has 1 atom stereocenters. The van der Waals surface area contributed by atoms with Crippen LogP contribution >= 0.6 is 0 Å². The van der Waals surface area contributed by atoms with Crippen molar-refractivity contribution in [3.8, 4) is 0 Å². The molecule has 1 amide bonds. The molecule has 2 rings (SSSR count). The third-order valence-corrected chi connectivity index (χ3v) is 2.67. The van der Waals surface area contributed by atoms with Gasteiger partial charge in [-0.15, -0.1) is 0 Å². The number of hydrogen-bond donors (Lipinski definition) is 1. The van der Waals surface area contributed by atoms with E-state index in [1.807, 2.05) is 0 Å². The molecule has 1 aliphatic heterocycles. The molecular formula is C11H9F2NO3. The molecule has 17 heavy (non-hydrogen) atoms. The van der Waals surface area contributed by atoms with Crippen molar-refractivity contribution in [1.82, 2.24) is 0 Å². The van der Waals surface area contributed by atoms with Crippen molar-refractivity contribution in [1.29, 1.82) is 0 Å². The van der Waals surface area contributed by atoms with Gasteiger partial charge in [-0.05, 0) is 18.6 Å². The third-order valence-electron chi connectivity index (χ3n) is 2.67. The first-order valence-corrected chi connectivity index (χ1v) is 5.00. The van der Waals surface area contributed by atoms with Crippen molar-refractivity contribution in [2.75, 3.05) is 4.90 Å². The highest BCUT2D eigenvalue weighted by Gasteiger charge is 2.38. The number of anilines is 1. The SMILES string of the molecule is O=C(O)C1CCC(=O)N1c1ccc(F)cc1F. The molecule has 1 unspecified atom stereocenters. The zero-order valence-electron chi connectivity index (χ0n) is 8.69. The van der Waals surface area contributed by atoms with E-state index in [-0.39, 0.29) is 18.5 Å². The van der Waals surface area contributed by atoms with Gasteiger partial charge in [0.1, 0.15) is 17.7 Å². The molecule has 0 radical (unpaired) electrons. The van der Waals surface area contributed by atoms with Gasteiger partial charge in [0.05, 0.1) is 5.69 Å². The smallest absolute Gasteiger partial charge is 0.326 e. The lowest BCUT2D eigenvalue weighted by molar-refractivity contribution is -0.138. The lowest BCUT2D eigenvalue weighted by Gasteiger charge is -2.22. The zero-order valence-corrected chi connectivity index (χ0v) is 8.69. The molecule has 1 fully saturated rings. The van der Waals surface area contributed by atoms with Gasteiger partial charge in [0.2, 0.25) is 5.91 Å². The highest BCUT2D eigenvalue weighted by Crippen LogP contribution is 2.29. The molecule has 6 heteroatoms. The largest absolute Gasteiger partial charge is 0.480 e. The number of amides is 1. The Morgan fingerprint density at radius 3 is 2.71 bits per heavy atom. The minimum atomic E-state index is -1.19. The summed E-state index contributed by atoms with van der Waals surface area (Å²) in [5.41, 5.74) is -0.193. The van der Waals surface area contributed by atoms with Crippen LogP contribution in [-0.4, -0.2) is 23.0 Å². The van der Waals surface area contributed by atoms with Gasteiger partial charge < -0.3 is 5.11 Å². The number of carbonyl (C=O) groups excluding carboxylic acids is 1. The van der Waals surface area contributed by atoms with Crippen LogP contribution in [0, 0.1) is 11.6 Å². The molecule has 1 heterocycles. The van der Waals surface area contributed by atoms with Crippen LogP contribution in [0.15, 0.2) is 18.2 Å². The van der Waals surface area contributed by atoms with Crippen LogP contribution < -0.4 is 4.90 Å². The molecule has 0 spiro atoms. The summed E-state index contributed by atoms with van der Waals surface area (Å²) in [4.78, 5) is 23.3. The molecule has 1 aromatic rings. The number of aliphatic carboxylic acids is 1. The third kappa shape index (κ3) is 1.98. The van der Waals surface area contributed by atoms with Crippen molar-refractivity contribution >= 4 is 17.6 Å². The summed E-state index contributed by atoms with van der Waals surface area (Å²) in [6.45, 7) is 0. The summed E-state index contributed by atoms with van der Waals surface area (Å²) in [5.74, 6) is -3.38. The number of halogens is 2. The van der Waals surface area contributed by atoms with Crippen LogP contribution in [0.5, 0.6) is 0 Å². The summed E-state index contributed by atoms with van der Waals surface area (Å²) in [7, 11) is 0. The van der Waals surface area contributed by atoms with Gasteiger partial charge in [0, 0.05) is 12.5 Å². The molecule has 90 valence electrons. The number of carboxylic acids is 1. The van der Waals surface area contributed by atoms with Crippen LogP contribution in [0.3, 0.4) is 0 Å². The molecule has 0 bridgehead atoms. The summed E-state index contributed by atoms with van der Waals surface area (Å²) in [6.07, 6.45) is 0.179. The molecule has 0 aliphatic carbocycles. The molecule has 0 aromatic heterocycles. The van der Waals surface area contributed by atoms with Gasteiger partial charge in [0.15, 0.2) is 0 Å². The van der Waals surface area contributed by atoms with E-state index in [9.17, 15) is 18.4 Å². The number of carboxylic acid groups (broad SMARTS) is 1. The first kappa shape index (κ1) is 11.5. The van der Waals surface area contributed by atoms with E-state index in [0.717, 1.165) is 17.0 Å². The number of benzene rings is 1. The monoisotopic (exact) mass is 241 g/mol. The van der Waals surface area contributed by atoms with Crippen LogP contribution in [0.1, 0.15) is 12.8 Å². The molecule has 0 saturated carbocycles. The van der Waals surface area contributed by atoms with E-state index in [2.05, 4.69) is 0 Å². The van der Waals surface area contributed by atoms with Crippen LogP contribution in [0.25, 0.3) is 0 Å². The molecule has 1 aliphatic rings.